The molecule has 1 aromatic carbocycles. The molecule has 0 spiro atoms. The molecule has 164 valence electrons. The Morgan fingerprint density at radius 3 is 2.48 bits per heavy atom. The smallest absolute Gasteiger partial charge is 0.191 e. The molecule has 2 heterocycles. The van der Waals surface area contributed by atoms with E-state index in [1.165, 1.54) is 38.2 Å². The maximum Gasteiger partial charge on any atom is 0.191 e. The quantitative estimate of drug-likeness (QED) is 0.345. The largest absolute Gasteiger partial charge is 0.371 e. The molecule has 5 nitrogen and oxygen atoms in total. The van der Waals surface area contributed by atoms with E-state index in [2.05, 4.69) is 69.6 Å². The molecule has 1 unspecified atom stereocenters. The van der Waals surface area contributed by atoms with E-state index < -0.39 is 0 Å². The normalized spacial score (nSPS) is 21.7. The zero-order valence-electron chi connectivity index (χ0n) is 18.4. The second kappa shape index (κ2) is 12.6. The van der Waals surface area contributed by atoms with Crippen LogP contribution >= 0.6 is 24.0 Å². The Morgan fingerprint density at radius 1 is 1.10 bits per heavy atom. The molecule has 0 amide bonds. The van der Waals surface area contributed by atoms with E-state index in [1.807, 2.05) is 7.05 Å². The van der Waals surface area contributed by atoms with Crippen LogP contribution in [-0.2, 0) is 0 Å². The Kier molecular flexibility index (Phi) is 10.6. The first-order chi connectivity index (χ1) is 13.6. The molecule has 3 rings (SSSR count). The van der Waals surface area contributed by atoms with Crippen molar-refractivity contribution >= 4 is 35.6 Å². The van der Waals surface area contributed by atoms with Crippen LogP contribution in [0.2, 0.25) is 0 Å². The van der Waals surface area contributed by atoms with Gasteiger partial charge in [0.15, 0.2) is 5.96 Å². The first-order valence-electron chi connectivity index (χ1n) is 11.1. The lowest BCUT2D eigenvalue weighted by Crippen LogP contribution is -2.50. The number of guanidine groups is 1. The van der Waals surface area contributed by atoms with Gasteiger partial charge in [-0.1, -0.05) is 32.0 Å². The van der Waals surface area contributed by atoms with Crippen molar-refractivity contribution in [2.24, 2.45) is 16.8 Å². The van der Waals surface area contributed by atoms with Crippen LogP contribution in [0.15, 0.2) is 35.3 Å². The van der Waals surface area contributed by atoms with E-state index in [4.69, 9.17) is 0 Å². The van der Waals surface area contributed by atoms with Crippen molar-refractivity contribution in [3.8, 4) is 0 Å². The van der Waals surface area contributed by atoms with Crippen molar-refractivity contribution in [3.63, 3.8) is 0 Å². The number of nitrogens with zero attached hydrogens (tertiary/aromatic N) is 3. The number of anilines is 1. The van der Waals surface area contributed by atoms with Gasteiger partial charge in [-0.05, 0) is 56.2 Å². The monoisotopic (exact) mass is 513 g/mol. The van der Waals surface area contributed by atoms with Crippen LogP contribution < -0.4 is 15.5 Å². The lowest BCUT2D eigenvalue weighted by Gasteiger charge is -2.35. The summed E-state index contributed by atoms with van der Waals surface area (Å²) in [7, 11) is 1.89. The zero-order valence-corrected chi connectivity index (χ0v) is 20.8. The van der Waals surface area contributed by atoms with Crippen molar-refractivity contribution in [3.05, 3.63) is 30.3 Å². The highest BCUT2D eigenvalue weighted by Gasteiger charge is 2.22. The number of hydrogen-bond donors (Lipinski definition) is 2. The molecule has 1 atom stereocenters. The maximum absolute atomic E-state index is 4.48. The number of para-hydroxylation sites is 1. The van der Waals surface area contributed by atoms with Crippen molar-refractivity contribution in [1.82, 2.24) is 15.5 Å². The lowest BCUT2D eigenvalue weighted by atomic mass is 9.97. The molecular weight excluding hydrogens is 473 g/mol. The lowest BCUT2D eigenvalue weighted by molar-refractivity contribution is 0.159. The molecule has 0 radical (unpaired) electrons. The van der Waals surface area contributed by atoms with Gasteiger partial charge in [0.2, 0.25) is 0 Å². The third-order valence-corrected chi connectivity index (χ3v) is 5.97. The van der Waals surface area contributed by atoms with E-state index in [9.17, 15) is 0 Å². The summed E-state index contributed by atoms with van der Waals surface area (Å²) in [5, 5.41) is 7.26. The maximum atomic E-state index is 4.48. The Bertz CT molecular complexity index is 599. The number of aliphatic imine (C=N–C) groups is 1. The first kappa shape index (κ1) is 24.3. The molecular formula is C23H40IN5. The molecule has 0 aromatic heterocycles. The molecule has 0 saturated carbocycles. The minimum absolute atomic E-state index is 0. The molecule has 0 bridgehead atoms. The predicted molar refractivity (Wildman–Crippen MR) is 136 cm³/mol. The molecule has 29 heavy (non-hydrogen) atoms. The Hall–Kier alpha value is -1.02. The fourth-order valence-electron chi connectivity index (χ4n) is 4.55. The van der Waals surface area contributed by atoms with E-state index >= 15 is 0 Å². The Morgan fingerprint density at radius 2 is 1.83 bits per heavy atom. The van der Waals surface area contributed by atoms with Gasteiger partial charge >= 0.3 is 0 Å². The summed E-state index contributed by atoms with van der Waals surface area (Å²) >= 11 is 0. The van der Waals surface area contributed by atoms with E-state index in [0.29, 0.717) is 6.04 Å². The highest BCUT2D eigenvalue weighted by Crippen LogP contribution is 2.20. The van der Waals surface area contributed by atoms with Crippen molar-refractivity contribution in [1.29, 1.82) is 0 Å². The van der Waals surface area contributed by atoms with Gasteiger partial charge in [0.25, 0.3) is 0 Å². The van der Waals surface area contributed by atoms with Gasteiger partial charge < -0.3 is 20.4 Å². The average Bonchev–Trinajstić information content (AvgIpc) is 2.72. The van der Waals surface area contributed by atoms with Crippen LogP contribution in [0.4, 0.5) is 5.69 Å². The van der Waals surface area contributed by atoms with Gasteiger partial charge in [-0.25, -0.2) is 0 Å². The number of benzene rings is 1. The van der Waals surface area contributed by atoms with Gasteiger partial charge in [0.05, 0.1) is 0 Å². The molecule has 0 aliphatic carbocycles. The Labute approximate surface area is 194 Å². The van der Waals surface area contributed by atoms with Gasteiger partial charge in [-0.2, -0.15) is 0 Å². The zero-order chi connectivity index (χ0) is 19.8. The van der Waals surface area contributed by atoms with Crippen LogP contribution in [0.1, 0.15) is 39.5 Å². The number of hydrogen-bond acceptors (Lipinski definition) is 3. The van der Waals surface area contributed by atoms with E-state index in [1.54, 1.807) is 0 Å². The predicted octanol–water partition coefficient (Wildman–Crippen LogP) is 3.81. The van der Waals surface area contributed by atoms with Gasteiger partial charge in [-0.15, -0.1) is 24.0 Å². The molecule has 2 saturated heterocycles. The molecule has 2 N–H and O–H groups in total. The van der Waals surface area contributed by atoms with Crippen LogP contribution in [0.25, 0.3) is 0 Å². The third-order valence-electron chi connectivity index (χ3n) is 5.97. The third kappa shape index (κ3) is 7.96. The minimum atomic E-state index is 0. The molecule has 2 aliphatic heterocycles. The van der Waals surface area contributed by atoms with Crippen LogP contribution in [0.3, 0.4) is 0 Å². The molecule has 1 aromatic rings. The molecule has 2 fully saturated rings. The van der Waals surface area contributed by atoms with Gasteiger partial charge in [-0.3, -0.25) is 4.99 Å². The number of piperidine rings is 2. The fraction of sp³-hybridized carbons (Fsp3) is 0.696. The topological polar surface area (TPSA) is 42.9 Å². The van der Waals surface area contributed by atoms with Gasteiger partial charge in [0.1, 0.15) is 0 Å². The van der Waals surface area contributed by atoms with E-state index in [-0.39, 0.29) is 24.0 Å². The number of likely N-dealkylation sites (tertiary alicyclic amines) is 1. The van der Waals surface area contributed by atoms with Crippen LogP contribution in [0, 0.1) is 11.8 Å². The number of nitrogens with one attached hydrogen (secondary N) is 2. The Balaban J connectivity index is 0.00000300. The van der Waals surface area contributed by atoms with Crippen LogP contribution in [-0.4, -0.2) is 63.2 Å². The SMILES string of the molecule is CN=C(NCC1CCCN(CC(C)C)C1)NC1CCN(c2ccccc2)CC1.I. The highest BCUT2D eigenvalue weighted by atomic mass is 127. The van der Waals surface area contributed by atoms with Crippen LogP contribution in [0.5, 0.6) is 0 Å². The van der Waals surface area contributed by atoms with Crippen molar-refractivity contribution in [2.45, 2.75) is 45.6 Å². The summed E-state index contributed by atoms with van der Waals surface area (Å²) in [6.45, 7) is 11.6. The number of halogens is 1. The van der Waals surface area contributed by atoms with E-state index in [0.717, 1.165) is 50.3 Å². The summed E-state index contributed by atoms with van der Waals surface area (Å²) < 4.78 is 0. The summed E-state index contributed by atoms with van der Waals surface area (Å²) in [6.07, 6.45) is 4.96. The summed E-state index contributed by atoms with van der Waals surface area (Å²) in [6, 6.07) is 11.3. The second-order valence-electron chi connectivity index (χ2n) is 8.86. The van der Waals surface area contributed by atoms with Crippen molar-refractivity contribution < 1.29 is 0 Å². The summed E-state index contributed by atoms with van der Waals surface area (Å²) in [4.78, 5) is 9.60. The number of rotatable bonds is 6. The molecule has 6 heteroatoms. The summed E-state index contributed by atoms with van der Waals surface area (Å²) in [5.74, 6) is 2.45. The first-order valence-corrected chi connectivity index (χ1v) is 11.1. The second-order valence-corrected chi connectivity index (χ2v) is 8.86. The summed E-state index contributed by atoms with van der Waals surface area (Å²) in [5.41, 5.74) is 1.34. The highest BCUT2D eigenvalue weighted by molar-refractivity contribution is 14.0. The van der Waals surface area contributed by atoms with Gasteiger partial charge in [0, 0.05) is 51.5 Å². The minimum Gasteiger partial charge on any atom is -0.371 e. The van der Waals surface area contributed by atoms with Crippen molar-refractivity contribution in [2.75, 3.05) is 51.2 Å². The standard InChI is InChI=1S/C23H39N5.HI/c1-19(2)17-27-13-7-8-20(18-27)16-25-23(24-3)26-21-11-14-28(15-12-21)22-9-5-4-6-10-22;/h4-6,9-10,19-21H,7-8,11-18H2,1-3H3,(H2,24,25,26);1H. The fourth-order valence-corrected chi connectivity index (χ4v) is 4.55. The average molecular weight is 514 g/mol. The molecule has 2 aliphatic rings.